The lowest BCUT2D eigenvalue weighted by molar-refractivity contribution is -0.143. The maximum absolute atomic E-state index is 12.5. The topological polar surface area (TPSA) is 109 Å². The molecule has 0 saturated carbocycles. The second kappa shape index (κ2) is 8.38. The second-order valence-corrected chi connectivity index (χ2v) is 8.88. The fourth-order valence-corrected chi connectivity index (χ4v) is 4.69. The number of carbonyl (C=O) groups is 1. The van der Waals surface area contributed by atoms with Crippen molar-refractivity contribution >= 4 is 23.2 Å². The third kappa shape index (κ3) is 3.98. The minimum atomic E-state index is -1.48. The van der Waals surface area contributed by atoms with Crippen LogP contribution in [0.2, 0.25) is 0 Å². The number of hydrogen-bond acceptors (Lipinski definition) is 8. The quantitative estimate of drug-likeness (QED) is 0.454. The van der Waals surface area contributed by atoms with Crippen molar-refractivity contribution in [1.29, 1.82) is 0 Å². The molecule has 4 heterocycles. The van der Waals surface area contributed by atoms with Gasteiger partial charge in [0.1, 0.15) is 10.7 Å². The number of anilines is 1. The highest BCUT2D eigenvalue weighted by Gasteiger charge is 2.45. The van der Waals surface area contributed by atoms with E-state index in [1.54, 1.807) is 35.1 Å². The predicted molar refractivity (Wildman–Crippen MR) is 125 cm³/mol. The van der Waals surface area contributed by atoms with Crippen LogP contribution in [0.1, 0.15) is 17.7 Å². The third-order valence-corrected chi connectivity index (χ3v) is 6.74. The molecule has 1 aliphatic heterocycles. The molecule has 0 aliphatic carbocycles. The first-order valence-electron chi connectivity index (χ1n) is 10.5. The van der Waals surface area contributed by atoms with E-state index in [-0.39, 0.29) is 5.91 Å². The van der Waals surface area contributed by atoms with Gasteiger partial charge in [0.05, 0.1) is 17.9 Å². The largest absolute Gasteiger partial charge is 0.375 e. The molecule has 2 N–H and O–H groups in total. The van der Waals surface area contributed by atoms with E-state index < -0.39 is 5.60 Å². The van der Waals surface area contributed by atoms with Gasteiger partial charge in [0.2, 0.25) is 5.95 Å². The molecule has 4 aromatic rings. The fourth-order valence-electron chi connectivity index (χ4n) is 3.89. The summed E-state index contributed by atoms with van der Waals surface area (Å²) in [7, 11) is 3.60. The van der Waals surface area contributed by atoms with Crippen molar-refractivity contribution in [1.82, 2.24) is 29.6 Å². The summed E-state index contributed by atoms with van der Waals surface area (Å²) in [6, 6.07) is 11.2. The lowest BCUT2D eigenvalue weighted by Gasteiger charge is -2.21. The maximum atomic E-state index is 12.5. The fraction of sp³-hybridized carbons (Fsp3) is 0.261. The molecule has 1 fully saturated rings. The highest BCUT2D eigenvalue weighted by molar-refractivity contribution is 7.13. The van der Waals surface area contributed by atoms with Gasteiger partial charge in [-0.2, -0.15) is 5.10 Å². The zero-order valence-electron chi connectivity index (χ0n) is 18.3. The van der Waals surface area contributed by atoms with Gasteiger partial charge in [-0.25, -0.2) is 15.0 Å². The SMILES string of the molecule is CN1CC[C@@](O)(c2cccc(-c3csc(-c4ccnc(NCc5ccnn5C)n4)n3)c2)C1=O. The monoisotopic (exact) mass is 461 g/mol. The number of aliphatic hydroxyl groups is 1. The molecule has 0 unspecified atom stereocenters. The average molecular weight is 462 g/mol. The molecule has 1 aliphatic rings. The normalized spacial score (nSPS) is 18.2. The van der Waals surface area contributed by atoms with Gasteiger partial charge in [0, 0.05) is 50.4 Å². The summed E-state index contributed by atoms with van der Waals surface area (Å²) in [5.74, 6) is 0.240. The van der Waals surface area contributed by atoms with Crippen LogP contribution in [0.15, 0.2) is 54.2 Å². The Labute approximate surface area is 194 Å². The number of amides is 1. The maximum Gasteiger partial charge on any atom is 0.258 e. The number of hydrogen-bond donors (Lipinski definition) is 2. The molecular weight excluding hydrogens is 438 g/mol. The first-order chi connectivity index (χ1) is 15.9. The van der Waals surface area contributed by atoms with Crippen molar-refractivity contribution in [3.05, 3.63) is 65.4 Å². The Morgan fingerprint density at radius 1 is 1.15 bits per heavy atom. The molecule has 33 heavy (non-hydrogen) atoms. The Morgan fingerprint density at radius 2 is 2.03 bits per heavy atom. The van der Waals surface area contributed by atoms with Crippen LogP contribution in [0.25, 0.3) is 22.0 Å². The summed E-state index contributed by atoms with van der Waals surface area (Å²) in [5, 5.41) is 21.1. The van der Waals surface area contributed by atoms with Gasteiger partial charge >= 0.3 is 0 Å². The van der Waals surface area contributed by atoms with Crippen molar-refractivity contribution in [3.8, 4) is 22.0 Å². The first-order valence-corrected chi connectivity index (χ1v) is 11.4. The molecule has 0 radical (unpaired) electrons. The van der Waals surface area contributed by atoms with E-state index in [0.29, 0.717) is 31.0 Å². The number of aryl methyl sites for hydroxylation is 1. The Hall–Kier alpha value is -3.63. The lowest BCUT2D eigenvalue weighted by Crippen LogP contribution is -2.36. The molecule has 168 valence electrons. The van der Waals surface area contributed by atoms with E-state index >= 15 is 0 Å². The van der Waals surface area contributed by atoms with Crippen LogP contribution in [0.4, 0.5) is 5.95 Å². The number of carbonyl (C=O) groups excluding carboxylic acids is 1. The zero-order valence-corrected chi connectivity index (χ0v) is 19.1. The lowest BCUT2D eigenvalue weighted by atomic mass is 9.90. The van der Waals surface area contributed by atoms with E-state index in [1.807, 2.05) is 42.8 Å². The Kier molecular flexibility index (Phi) is 5.39. The number of nitrogens with one attached hydrogen (secondary N) is 1. The van der Waals surface area contributed by atoms with Crippen molar-refractivity contribution in [2.45, 2.75) is 18.6 Å². The van der Waals surface area contributed by atoms with Crippen molar-refractivity contribution < 1.29 is 9.90 Å². The molecule has 1 atom stereocenters. The number of likely N-dealkylation sites (tertiary alicyclic amines) is 1. The van der Waals surface area contributed by atoms with Crippen molar-refractivity contribution in [3.63, 3.8) is 0 Å². The summed E-state index contributed by atoms with van der Waals surface area (Å²) < 4.78 is 1.80. The van der Waals surface area contributed by atoms with E-state index in [2.05, 4.69) is 20.4 Å². The van der Waals surface area contributed by atoms with Crippen LogP contribution in [0, 0.1) is 0 Å². The van der Waals surface area contributed by atoms with Crippen LogP contribution in [-0.2, 0) is 24.0 Å². The van der Waals surface area contributed by atoms with E-state index in [1.165, 1.54) is 11.3 Å². The summed E-state index contributed by atoms with van der Waals surface area (Å²) in [5.41, 5.74) is 2.46. The summed E-state index contributed by atoms with van der Waals surface area (Å²) >= 11 is 1.48. The number of aromatic nitrogens is 5. The van der Waals surface area contributed by atoms with Crippen LogP contribution in [0.3, 0.4) is 0 Å². The number of benzene rings is 1. The van der Waals surface area contributed by atoms with Crippen molar-refractivity contribution in [2.24, 2.45) is 7.05 Å². The molecule has 0 spiro atoms. The van der Waals surface area contributed by atoms with E-state index in [0.717, 1.165) is 27.7 Å². The van der Waals surface area contributed by atoms with Gasteiger partial charge < -0.3 is 15.3 Å². The number of rotatable bonds is 6. The number of nitrogens with zero attached hydrogens (tertiary/aromatic N) is 6. The molecular formula is C23H23N7O2S. The van der Waals surface area contributed by atoms with Crippen molar-refractivity contribution in [2.75, 3.05) is 18.9 Å². The molecule has 5 rings (SSSR count). The zero-order chi connectivity index (χ0) is 23.0. The number of thiazole rings is 1. The Bertz CT molecular complexity index is 1320. The molecule has 9 nitrogen and oxygen atoms in total. The van der Waals surface area contributed by atoms with Gasteiger partial charge in [-0.15, -0.1) is 11.3 Å². The Balaban J connectivity index is 1.37. The molecule has 1 amide bonds. The highest BCUT2D eigenvalue weighted by Crippen LogP contribution is 2.35. The van der Waals surface area contributed by atoms with Gasteiger partial charge in [0.25, 0.3) is 5.91 Å². The smallest absolute Gasteiger partial charge is 0.258 e. The minimum absolute atomic E-state index is 0.272. The third-order valence-electron chi connectivity index (χ3n) is 5.87. The molecule has 1 aromatic carbocycles. The van der Waals surface area contributed by atoms with Crippen LogP contribution in [0.5, 0.6) is 0 Å². The van der Waals surface area contributed by atoms with Gasteiger partial charge in [-0.1, -0.05) is 18.2 Å². The van der Waals surface area contributed by atoms with E-state index in [4.69, 9.17) is 4.98 Å². The van der Waals surface area contributed by atoms with Gasteiger partial charge in [0.15, 0.2) is 5.60 Å². The average Bonchev–Trinajstić information content (AvgIpc) is 3.55. The second-order valence-electron chi connectivity index (χ2n) is 8.02. The van der Waals surface area contributed by atoms with Crippen LogP contribution in [-0.4, -0.2) is 54.2 Å². The van der Waals surface area contributed by atoms with Gasteiger partial charge in [-0.3, -0.25) is 9.48 Å². The molecule has 0 bridgehead atoms. The summed E-state index contributed by atoms with van der Waals surface area (Å²) in [6.07, 6.45) is 3.83. The Morgan fingerprint density at radius 3 is 2.79 bits per heavy atom. The minimum Gasteiger partial charge on any atom is -0.375 e. The standard InChI is InChI=1S/C23H23N7O2S/c1-29-11-8-23(32,21(29)31)16-5-3-4-15(12-16)19-14-33-20(27-19)18-7-9-24-22(28-18)25-13-17-6-10-26-30(17)2/h3-7,9-10,12,14,32H,8,11,13H2,1-2H3,(H,24,25,28)/t23-/m1/s1. The summed E-state index contributed by atoms with van der Waals surface area (Å²) in [6.45, 7) is 1.10. The van der Waals surface area contributed by atoms with Crippen LogP contribution < -0.4 is 5.32 Å². The van der Waals surface area contributed by atoms with Gasteiger partial charge in [-0.05, 0) is 23.8 Å². The molecule has 3 aromatic heterocycles. The highest BCUT2D eigenvalue weighted by atomic mass is 32.1. The van der Waals surface area contributed by atoms with E-state index in [9.17, 15) is 9.90 Å². The number of likely N-dealkylation sites (N-methyl/N-ethyl adjacent to an activating group) is 1. The molecule has 10 heteroatoms. The van der Waals surface area contributed by atoms with Crippen LogP contribution >= 0.6 is 11.3 Å². The predicted octanol–water partition coefficient (Wildman–Crippen LogP) is 2.66. The summed E-state index contributed by atoms with van der Waals surface area (Å²) in [4.78, 5) is 27.7. The molecule has 1 saturated heterocycles. The first kappa shape index (κ1) is 21.2.